The number of carbonyl (C=O) groups is 1. The van der Waals surface area contributed by atoms with Crippen LogP contribution in [0.2, 0.25) is 0 Å². The first-order valence-corrected chi connectivity index (χ1v) is 7.23. The first kappa shape index (κ1) is 14.8. The Kier molecular flexibility index (Phi) is 4.93. The molecule has 0 aliphatic carbocycles. The zero-order chi connectivity index (χ0) is 14.5. The van der Waals surface area contributed by atoms with Crippen LogP contribution in [0.3, 0.4) is 0 Å². The number of nitrogens with two attached hydrogens (primary N) is 1. The molecule has 0 aliphatic rings. The number of halogens is 1. The molecule has 0 aliphatic heterocycles. The molecule has 0 spiro atoms. The molecule has 2 aromatic rings. The monoisotopic (exact) mass is 332 g/mol. The van der Waals surface area contributed by atoms with Gasteiger partial charge in [0.2, 0.25) is 5.91 Å². The van der Waals surface area contributed by atoms with Crippen LogP contribution >= 0.6 is 15.9 Å². The largest absolute Gasteiger partial charge is 0.348 e. The summed E-state index contributed by atoms with van der Waals surface area (Å²) in [5.41, 5.74) is 7.83. The number of benzene rings is 2. The predicted molar refractivity (Wildman–Crippen MR) is 84.1 cm³/mol. The number of carbonyl (C=O) groups excluding carboxylic acids is 1. The van der Waals surface area contributed by atoms with E-state index in [1.54, 1.807) is 0 Å². The highest BCUT2D eigenvalue weighted by Crippen LogP contribution is 2.18. The lowest BCUT2D eigenvalue weighted by Gasteiger charge is -2.18. The van der Waals surface area contributed by atoms with Gasteiger partial charge < -0.3 is 11.1 Å². The molecule has 0 radical (unpaired) electrons. The van der Waals surface area contributed by atoms with Gasteiger partial charge in [0.05, 0.1) is 6.04 Å². The molecule has 104 valence electrons. The molecule has 3 nitrogen and oxygen atoms in total. The minimum Gasteiger partial charge on any atom is -0.348 e. The third-order valence-corrected chi connectivity index (χ3v) is 3.70. The minimum absolute atomic E-state index is 0.0784. The van der Waals surface area contributed by atoms with Gasteiger partial charge >= 0.3 is 0 Å². The van der Waals surface area contributed by atoms with Gasteiger partial charge in [-0.3, -0.25) is 4.79 Å². The molecular weight excluding hydrogens is 316 g/mol. The second-order valence-electron chi connectivity index (χ2n) is 4.67. The van der Waals surface area contributed by atoms with Crippen molar-refractivity contribution in [3.63, 3.8) is 0 Å². The lowest BCUT2D eigenvalue weighted by Crippen LogP contribution is -2.35. The quantitative estimate of drug-likeness (QED) is 0.902. The zero-order valence-electron chi connectivity index (χ0n) is 11.2. The van der Waals surface area contributed by atoms with Gasteiger partial charge in [0.15, 0.2) is 0 Å². The summed E-state index contributed by atoms with van der Waals surface area (Å²) in [5, 5.41) is 2.93. The Bertz CT molecular complexity index is 569. The maximum atomic E-state index is 12.1. The maximum absolute atomic E-state index is 12.1. The Morgan fingerprint density at radius 3 is 2.25 bits per heavy atom. The normalized spacial score (nSPS) is 13.6. The number of amides is 1. The van der Waals surface area contributed by atoms with E-state index in [-0.39, 0.29) is 11.9 Å². The van der Waals surface area contributed by atoms with Gasteiger partial charge in [-0.2, -0.15) is 0 Å². The van der Waals surface area contributed by atoms with E-state index >= 15 is 0 Å². The molecule has 0 unspecified atom stereocenters. The second kappa shape index (κ2) is 6.68. The number of hydrogen-bond acceptors (Lipinski definition) is 2. The Morgan fingerprint density at radius 2 is 1.65 bits per heavy atom. The Labute approximate surface area is 127 Å². The number of rotatable bonds is 4. The molecule has 0 aromatic heterocycles. The standard InChI is InChI=1S/C16H17BrN2O/c1-11(12-7-9-14(17)10-8-12)19-16(20)15(18)13-5-3-2-4-6-13/h2-11,15H,18H2,1H3,(H,19,20)/t11-,15+/m1/s1. The summed E-state index contributed by atoms with van der Waals surface area (Å²) in [6.07, 6.45) is 0. The predicted octanol–water partition coefficient (Wildman–Crippen LogP) is 3.33. The summed E-state index contributed by atoms with van der Waals surface area (Å²) in [6, 6.07) is 16.5. The molecule has 4 heteroatoms. The van der Waals surface area contributed by atoms with Crippen LogP contribution in [0.4, 0.5) is 0 Å². The summed E-state index contributed by atoms with van der Waals surface area (Å²) in [7, 11) is 0. The van der Waals surface area contributed by atoms with E-state index < -0.39 is 6.04 Å². The van der Waals surface area contributed by atoms with Crippen molar-refractivity contribution in [1.82, 2.24) is 5.32 Å². The van der Waals surface area contributed by atoms with Crippen LogP contribution < -0.4 is 11.1 Å². The van der Waals surface area contributed by atoms with Gasteiger partial charge in [-0.05, 0) is 30.2 Å². The third-order valence-electron chi connectivity index (χ3n) is 3.17. The molecule has 0 bridgehead atoms. The summed E-state index contributed by atoms with van der Waals surface area (Å²) < 4.78 is 1.01. The Hall–Kier alpha value is -1.65. The van der Waals surface area contributed by atoms with Crippen molar-refractivity contribution in [2.75, 3.05) is 0 Å². The summed E-state index contributed by atoms with van der Waals surface area (Å²) in [4.78, 5) is 12.1. The van der Waals surface area contributed by atoms with E-state index in [1.165, 1.54) is 0 Å². The molecule has 1 amide bonds. The lowest BCUT2D eigenvalue weighted by molar-refractivity contribution is -0.123. The summed E-state index contributed by atoms with van der Waals surface area (Å²) in [6.45, 7) is 1.94. The van der Waals surface area contributed by atoms with Crippen molar-refractivity contribution < 1.29 is 4.79 Å². The SMILES string of the molecule is C[C@@H](NC(=O)[C@@H](N)c1ccccc1)c1ccc(Br)cc1. The fraction of sp³-hybridized carbons (Fsp3) is 0.188. The Balaban J connectivity index is 2.02. The summed E-state index contributed by atoms with van der Waals surface area (Å²) in [5.74, 6) is -0.174. The average molecular weight is 333 g/mol. The van der Waals surface area contributed by atoms with Crippen molar-refractivity contribution in [1.29, 1.82) is 0 Å². The molecule has 2 atom stereocenters. The van der Waals surface area contributed by atoms with Crippen molar-refractivity contribution in [2.45, 2.75) is 19.0 Å². The highest BCUT2D eigenvalue weighted by molar-refractivity contribution is 9.10. The minimum atomic E-state index is -0.644. The van der Waals surface area contributed by atoms with Crippen molar-refractivity contribution in [3.05, 3.63) is 70.2 Å². The second-order valence-corrected chi connectivity index (χ2v) is 5.59. The van der Waals surface area contributed by atoms with E-state index in [0.717, 1.165) is 15.6 Å². The van der Waals surface area contributed by atoms with Gasteiger partial charge in [-0.25, -0.2) is 0 Å². The van der Waals surface area contributed by atoms with Crippen molar-refractivity contribution in [2.24, 2.45) is 5.73 Å². The van der Waals surface area contributed by atoms with E-state index in [0.29, 0.717) is 0 Å². The summed E-state index contributed by atoms with van der Waals surface area (Å²) >= 11 is 3.39. The van der Waals surface area contributed by atoms with E-state index in [2.05, 4.69) is 21.2 Å². The lowest BCUT2D eigenvalue weighted by atomic mass is 10.1. The van der Waals surface area contributed by atoms with Gasteiger partial charge in [0.25, 0.3) is 0 Å². The molecule has 20 heavy (non-hydrogen) atoms. The molecule has 2 aromatic carbocycles. The average Bonchev–Trinajstić information content (AvgIpc) is 2.48. The first-order chi connectivity index (χ1) is 9.58. The fourth-order valence-electron chi connectivity index (χ4n) is 1.95. The molecule has 0 saturated heterocycles. The maximum Gasteiger partial charge on any atom is 0.241 e. The molecule has 0 saturated carbocycles. The molecule has 2 rings (SSSR count). The van der Waals surface area contributed by atoms with Crippen molar-refractivity contribution >= 4 is 21.8 Å². The smallest absolute Gasteiger partial charge is 0.241 e. The topological polar surface area (TPSA) is 55.1 Å². The molecule has 0 heterocycles. The van der Waals surface area contributed by atoms with Gasteiger partial charge in [0, 0.05) is 4.47 Å². The Morgan fingerprint density at radius 1 is 1.05 bits per heavy atom. The van der Waals surface area contributed by atoms with E-state index in [9.17, 15) is 4.79 Å². The van der Waals surface area contributed by atoms with Crippen LogP contribution in [0.1, 0.15) is 30.1 Å². The van der Waals surface area contributed by atoms with Crippen LogP contribution in [0.15, 0.2) is 59.1 Å². The van der Waals surface area contributed by atoms with Crippen LogP contribution in [0.25, 0.3) is 0 Å². The van der Waals surface area contributed by atoms with Crippen LogP contribution in [-0.2, 0) is 4.79 Å². The fourth-order valence-corrected chi connectivity index (χ4v) is 2.21. The number of nitrogens with one attached hydrogen (secondary N) is 1. The molecule has 0 fully saturated rings. The van der Waals surface area contributed by atoms with Crippen molar-refractivity contribution in [3.8, 4) is 0 Å². The van der Waals surface area contributed by atoms with E-state index in [4.69, 9.17) is 5.73 Å². The highest BCUT2D eigenvalue weighted by atomic mass is 79.9. The zero-order valence-corrected chi connectivity index (χ0v) is 12.8. The highest BCUT2D eigenvalue weighted by Gasteiger charge is 2.17. The number of hydrogen-bond donors (Lipinski definition) is 2. The molecular formula is C16H17BrN2O. The first-order valence-electron chi connectivity index (χ1n) is 6.44. The van der Waals surface area contributed by atoms with Gasteiger partial charge in [-0.1, -0.05) is 58.4 Å². The van der Waals surface area contributed by atoms with Crippen LogP contribution in [0, 0.1) is 0 Å². The van der Waals surface area contributed by atoms with Gasteiger partial charge in [0.1, 0.15) is 6.04 Å². The van der Waals surface area contributed by atoms with E-state index in [1.807, 2.05) is 61.5 Å². The van der Waals surface area contributed by atoms with Crippen LogP contribution in [-0.4, -0.2) is 5.91 Å². The van der Waals surface area contributed by atoms with Gasteiger partial charge in [-0.15, -0.1) is 0 Å². The third kappa shape index (κ3) is 3.68. The van der Waals surface area contributed by atoms with Crippen LogP contribution in [0.5, 0.6) is 0 Å². The molecule has 3 N–H and O–H groups in total.